The number of hydrogen-bond donors (Lipinski definition) is 0. The van der Waals surface area contributed by atoms with Crippen molar-refractivity contribution in [1.29, 1.82) is 0 Å². The summed E-state index contributed by atoms with van der Waals surface area (Å²) < 4.78 is 8.31. The summed E-state index contributed by atoms with van der Waals surface area (Å²) in [4.78, 5) is 10.5. The zero-order chi connectivity index (χ0) is 7.82. The van der Waals surface area contributed by atoms with E-state index in [1.54, 1.807) is 6.92 Å². The Morgan fingerprint density at radius 2 is 2.40 bits per heavy atom. The molecule has 0 atom stereocenters. The zero-order valence-electron chi connectivity index (χ0n) is 6.16. The lowest BCUT2D eigenvalue weighted by atomic mass is 10.7. The molecule has 0 saturated heterocycles. The molecule has 0 amide bonds. The monoisotopic (exact) mass is 161 g/mol. The molecule has 0 fully saturated rings. The molecule has 10 heavy (non-hydrogen) atoms. The van der Waals surface area contributed by atoms with Crippen molar-refractivity contribution in [2.45, 2.75) is 13.8 Å². The highest BCUT2D eigenvalue weighted by atomic mass is 32.2. The fraction of sp³-hybridized carbons (Fsp3) is 0.667. The Balaban J connectivity index is 3.36. The van der Waals surface area contributed by atoms with Crippen molar-refractivity contribution in [3.63, 3.8) is 0 Å². The molecule has 0 aromatic carbocycles. The first kappa shape index (κ1) is 9.49. The predicted molar refractivity (Wildman–Crippen MR) is 43.3 cm³/mol. The van der Waals surface area contributed by atoms with E-state index in [2.05, 4.69) is 9.13 Å². The summed E-state index contributed by atoms with van der Waals surface area (Å²) in [6, 6.07) is 0. The minimum Gasteiger partial charge on any atom is -0.462 e. The first-order valence-corrected chi connectivity index (χ1v) is 4.07. The highest BCUT2D eigenvalue weighted by Gasteiger charge is 1.92. The quantitative estimate of drug-likeness (QED) is 0.354. The van der Waals surface area contributed by atoms with Crippen LogP contribution in [-0.4, -0.2) is 24.5 Å². The summed E-state index contributed by atoms with van der Waals surface area (Å²) in [7, 11) is 0. The van der Waals surface area contributed by atoms with Gasteiger partial charge in [-0.1, -0.05) is 6.92 Å². The van der Waals surface area contributed by atoms with E-state index < -0.39 is 0 Å². The van der Waals surface area contributed by atoms with Gasteiger partial charge in [0.2, 0.25) is 0 Å². The van der Waals surface area contributed by atoms with Gasteiger partial charge in [0, 0.05) is 5.75 Å². The Morgan fingerprint density at radius 3 is 2.90 bits per heavy atom. The van der Waals surface area contributed by atoms with E-state index in [1.165, 1.54) is 18.2 Å². The standard InChI is InChI=1S/C6H11NO2S/c1-3-9-6(8)5-7-10-4-2/h5H,3-4H2,1-2H3/b7-5+. The number of hydrogen-bond acceptors (Lipinski definition) is 4. The van der Waals surface area contributed by atoms with Gasteiger partial charge in [0.05, 0.1) is 6.61 Å². The van der Waals surface area contributed by atoms with Gasteiger partial charge in [0.25, 0.3) is 0 Å². The third-order valence-electron chi connectivity index (χ3n) is 0.648. The molecule has 3 nitrogen and oxygen atoms in total. The first-order chi connectivity index (χ1) is 4.81. The Labute approximate surface area is 65.0 Å². The van der Waals surface area contributed by atoms with E-state index in [-0.39, 0.29) is 5.97 Å². The number of esters is 1. The first-order valence-electron chi connectivity index (χ1n) is 3.13. The third-order valence-corrected chi connectivity index (χ3v) is 1.16. The van der Waals surface area contributed by atoms with Gasteiger partial charge in [-0.15, -0.1) is 0 Å². The van der Waals surface area contributed by atoms with E-state index in [0.29, 0.717) is 6.61 Å². The Hall–Kier alpha value is -0.510. The molecule has 0 aromatic rings. The number of rotatable bonds is 4. The zero-order valence-corrected chi connectivity index (χ0v) is 6.98. The van der Waals surface area contributed by atoms with E-state index in [9.17, 15) is 4.79 Å². The van der Waals surface area contributed by atoms with E-state index >= 15 is 0 Å². The number of ether oxygens (including phenoxy) is 1. The Morgan fingerprint density at radius 1 is 1.70 bits per heavy atom. The molecular formula is C6H11NO2S. The fourth-order valence-electron chi connectivity index (χ4n) is 0.334. The lowest BCUT2D eigenvalue weighted by molar-refractivity contribution is -0.134. The summed E-state index contributed by atoms with van der Waals surface area (Å²) in [6.45, 7) is 4.13. The molecule has 0 bridgehead atoms. The summed E-state index contributed by atoms with van der Waals surface area (Å²) in [5.74, 6) is 0.499. The second-order valence-electron chi connectivity index (χ2n) is 1.40. The largest absolute Gasteiger partial charge is 0.462 e. The average molecular weight is 161 g/mol. The molecule has 0 aromatic heterocycles. The van der Waals surface area contributed by atoms with Crippen LogP contribution in [0.4, 0.5) is 0 Å². The van der Waals surface area contributed by atoms with Crippen LogP contribution < -0.4 is 0 Å². The number of carbonyl (C=O) groups is 1. The second-order valence-corrected chi connectivity index (χ2v) is 2.45. The number of nitrogens with zero attached hydrogens (tertiary/aromatic N) is 1. The summed E-state index contributed by atoms with van der Waals surface area (Å²) in [5.41, 5.74) is 0. The van der Waals surface area contributed by atoms with Crippen LogP contribution in [0.15, 0.2) is 4.40 Å². The van der Waals surface area contributed by atoms with E-state index in [4.69, 9.17) is 0 Å². The summed E-state index contributed by atoms with van der Waals surface area (Å²) in [5, 5.41) is 0. The highest BCUT2D eigenvalue weighted by molar-refractivity contribution is 7.98. The van der Waals surface area contributed by atoms with Crippen LogP contribution in [0.5, 0.6) is 0 Å². The van der Waals surface area contributed by atoms with Crippen LogP contribution in [-0.2, 0) is 9.53 Å². The van der Waals surface area contributed by atoms with E-state index in [1.807, 2.05) is 6.92 Å². The minimum atomic E-state index is -0.372. The molecule has 0 N–H and O–H groups in total. The van der Waals surface area contributed by atoms with Gasteiger partial charge >= 0.3 is 5.97 Å². The van der Waals surface area contributed by atoms with Crippen LogP contribution in [0, 0.1) is 0 Å². The molecule has 0 saturated carbocycles. The van der Waals surface area contributed by atoms with Crippen LogP contribution >= 0.6 is 11.9 Å². The second kappa shape index (κ2) is 6.61. The molecule has 0 aliphatic carbocycles. The van der Waals surface area contributed by atoms with Crippen LogP contribution in [0.3, 0.4) is 0 Å². The lowest BCUT2D eigenvalue weighted by Gasteiger charge is -1.92. The SMILES string of the molecule is CCOC(=O)/C=N/SCC. The summed E-state index contributed by atoms with van der Waals surface area (Å²) in [6.07, 6.45) is 1.19. The van der Waals surface area contributed by atoms with Gasteiger partial charge in [0.1, 0.15) is 6.21 Å². The van der Waals surface area contributed by atoms with Crippen LogP contribution in [0.25, 0.3) is 0 Å². The molecule has 0 radical (unpaired) electrons. The van der Waals surface area contributed by atoms with Crippen molar-refractivity contribution in [3.05, 3.63) is 0 Å². The molecule has 0 unspecified atom stereocenters. The summed E-state index contributed by atoms with van der Waals surface area (Å²) >= 11 is 1.33. The van der Waals surface area contributed by atoms with Gasteiger partial charge in [-0.05, 0) is 18.9 Å². The van der Waals surface area contributed by atoms with Crippen molar-refractivity contribution in [2.75, 3.05) is 12.4 Å². The van der Waals surface area contributed by atoms with Gasteiger partial charge < -0.3 is 4.74 Å². The molecule has 4 heteroatoms. The van der Waals surface area contributed by atoms with Gasteiger partial charge in [-0.3, -0.25) is 0 Å². The smallest absolute Gasteiger partial charge is 0.350 e. The molecule has 0 rings (SSSR count). The normalized spacial score (nSPS) is 10.2. The van der Waals surface area contributed by atoms with Gasteiger partial charge in [-0.25, -0.2) is 9.19 Å². The molecular weight excluding hydrogens is 150 g/mol. The van der Waals surface area contributed by atoms with Crippen LogP contribution in [0.2, 0.25) is 0 Å². The van der Waals surface area contributed by atoms with Crippen LogP contribution in [0.1, 0.15) is 13.8 Å². The maximum atomic E-state index is 10.5. The number of carbonyl (C=O) groups excluding carboxylic acids is 1. The molecule has 0 spiro atoms. The average Bonchev–Trinajstić information content (AvgIpc) is 1.89. The maximum absolute atomic E-state index is 10.5. The van der Waals surface area contributed by atoms with Crippen molar-refractivity contribution in [1.82, 2.24) is 0 Å². The predicted octanol–water partition coefficient (Wildman–Crippen LogP) is 1.29. The minimum absolute atomic E-state index is 0.372. The Bertz CT molecular complexity index is 125. The molecule has 58 valence electrons. The molecule has 0 heterocycles. The van der Waals surface area contributed by atoms with E-state index in [0.717, 1.165) is 5.75 Å². The maximum Gasteiger partial charge on any atom is 0.350 e. The molecule has 0 aliphatic heterocycles. The lowest BCUT2D eigenvalue weighted by Crippen LogP contribution is -2.03. The topological polar surface area (TPSA) is 38.7 Å². The van der Waals surface area contributed by atoms with Gasteiger partial charge in [0.15, 0.2) is 0 Å². The third kappa shape index (κ3) is 5.62. The van der Waals surface area contributed by atoms with Crippen molar-refractivity contribution >= 4 is 24.1 Å². The highest BCUT2D eigenvalue weighted by Crippen LogP contribution is 1.97. The van der Waals surface area contributed by atoms with Gasteiger partial charge in [-0.2, -0.15) is 0 Å². The Kier molecular flexibility index (Phi) is 6.27. The van der Waals surface area contributed by atoms with Crippen molar-refractivity contribution in [2.24, 2.45) is 4.40 Å². The van der Waals surface area contributed by atoms with Crippen molar-refractivity contribution < 1.29 is 9.53 Å². The molecule has 0 aliphatic rings. The fourth-order valence-corrected chi connectivity index (χ4v) is 0.644. The van der Waals surface area contributed by atoms with Crippen molar-refractivity contribution in [3.8, 4) is 0 Å².